The van der Waals surface area contributed by atoms with Crippen molar-refractivity contribution in [1.29, 1.82) is 0 Å². The molecule has 2 heterocycles. The molecular formula is C32H33FN2O7S. The molecule has 2 aromatic carbocycles. The minimum atomic E-state index is -1.15. The number of halogens is 1. The van der Waals surface area contributed by atoms with Crippen LogP contribution in [0.5, 0.6) is 11.5 Å². The molecule has 1 aliphatic heterocycles. The number of aryl methyl sites for hydroxylation is 1. The number of aliphatic hydroxyl groups excluding tert-OH is 1. The number of benzene rings is 2. The first-order chi connectivity index (χ1) is 20.7. The van der Waals surface area contributed by atoms with Crippen LogP contribution in [0.1, 0.15) is 65.6 Å². The topological polar surface area (TPSA) is 115 Å². The number of Topliss-reactive ketones (excluding diaryl/α,β-unsaturated/α-hetero) is 1. The maximum atomic E-state index is 13.7. The molecule has 0 saturated carbocycles. The predicted molar refractivity (Wildman–Crippen MR) is 161 cm³/mol. The van der Waals surface area contributed by atoms with Crippen LogP contribution in [0, 0.1) is 12.7 Å². The summed E-state index contributed by atoms with van der Waals surface area (Å²) in [5, 5.41) is 11.4. The number of ketones is 1. The van der Waals surface area contributed by atoms with Crippen LogP contribution in [0.25, 0.3) is 5.76 Å². The van der Waals surface area contributed by atoms with Gasteiger partial charge in [-0.05, 0) is 62.2 Å². The van der Waals surface area contributed by atoms with Crippen molar-refractivity contribution in [2.45, 2.75) is 46.1 Å². The van der Waals surface area contributed by atoms with Gasteiger partial charge in [0.25, 0.3) is 5.78 Å². The van der Waals surface area contributed by atoms with Crippen molar-refractivity contribution in [3.8, 4) is 11.5 Å². The molecule has 1 saturated heterocycles. The Morgan fingerprint density at radius 1 is 1.12 bits per heavy atom. The fourth-order valence-electron chi connectivity index (χ4n) is 4.60. The number of aromatic nitrogens is 1. The Labute approximate surface area is 253 Å². The number of carbonyl (C=O) groups is 3. The summed E-state index contributed by atoms with van der Waals surface area (Å²) >= 11 is 0.888. The lowest BCUT2D eigenvalue weighted by molar-refractivity contribution is -0.132. The number of esters is 1. The van der Waals surface area contributed by atoms with Crippen LogP contribution < -0.4 is 14.4 Å². The zero-order valence-electron chi connectivity index (χ0n) is 24.2. The van der Waals surface area contributed by atoms with Gasteiger partial charge in [-0.15, -0.1) is 0 Å². The highest BCUT2D eigenvalue weighted by Crippen LogP contribution is 2.45. The molecule has 1 N–H and O–H groups in total. The summed E-state index contributed by atoms with van der Waals surface area (Å²) in [6.45, 7) is 9.84. The Kier molecular flexibility index (Phi) is 10.3. The lowest BCUT2D eigenvalue weighted by Crippen LogP contribution is -2.29. The SMILES string of the molecule is C=CCOC(=O)c1sc(N2C(=O)C(=O)/C(=C(/O)c3ccc(F)cc3)C2c2ccc(OCCCCC)c(OCC)c2)nc1C. The van der Waals surface area contributed by atoms with E-state index >= 15 is 0 Å². The van der Waals surface area contributed by atoms with E-state index in [1.165, 1.54) is 18.2 Å². The summed E-state index contributed by atoms with van der Waals surface area (Å²) in [7, 11) is 0. The second-order valence-corrected chi connectivity index (χ2v) is 10.6. The molecule has 0 radical (unpaired) electrons. The van der Waals surface area contributed by atoms with Crippen molar-refractivity contribution in [2.24, 2.45) is 0 Å². The number of rotatable bonds is 13. The standard InChI is InChI=1S/C32H33FN2O7S/c1-5-8-9-17-41-23-15-12-21(18-24(23)40-7-3)26-25(27(36)20-10-13-22(33)14-11-20)28(37)30(38)35(26)32-34-19(4)29(43-32)31(39)42-16-6-2/h6,10-15,18,26,36H,2,5,7-9,16-17H2,1,3-4H3/b27-25+. The predicted octanol–water partition coefficient (Wildman–Crippen LogP) is 6.53. The molecule has 1 aliphatic rings. The minimum absolute atomic E-state index is 0.0131. The van der Waals surface area contributed by atoms with Crippen LogP contribution in [0.15, 0.2) is 60.7 Å². The molecule has 1 atom stereocenters. The number of hydrogen-bond donors (Lipinski definition) is 1. The van der Waals surface area contributed by atoms with Crippen molar-refractivity contribution in [2.75, 3.05) is 24.7 Å². The molecule has 4 rings (SSSR count). The van der Waals surface area contributed by atoms with E-state index in [9.17, 15) is 23.9 Å². The van der Waals surface area contributed by atoms with Gasteiger partial charge in [0.2, 0.25) is 0 Å². The molecule has 3 aromatic rings. The van der Waals surface area contributed by atoms with E-state index in [2.05, 4.69) is 18.5 Å². The van der Waals surface area contributed by atoms with Gasteiger partial charge in [-0.3, -0.25) is 14.5 Å². The van der Waals surface area contributed by atoms with Crippen LogP contribution >= 0.6 is 11.3 Å². The van der Waals surface area contributed by atoms with Gasteiger partial charge in [0.15, 0.2) is 16.6 Å². The number of amides is 1. The van der Waals surface area contributed by atoms with Gasteiger partial charge >= 0.3 is 11.9 Å². The fraction of sp³-hybridized carbons (Fsp3) is 0.312. The van der Waals surface area contributed by atoms with Gasteiger partial charge in [-0.1, -0.05) is 49.8 Å². The Hall–Kier alpha value is -4.51. The molecule has 0 aliphatic carbocycles. The smallest absolute Gasteiger partial charge is 0.350 e. The molecule has 1 aromatic heterocycles. The average molecular weight is 609 g/mol. The third-order valence-corrected chi connectivity index (χ3v) is 7.80. The Morgan fingerprint density at radius 2 is 1.86 bits per heavy atom. The van der Waals surface area contributed by atoms with Crippen LogP contribution in [0.3, 0.4) is 0 Å². The van der Waals surface area contributed by atoms with E-state index in [1.54, 1.807) is 25.1 Å². The number of carbonyl (C=O) groups excluding carboxylic acids is 3. The highest BCUT2D eigenvalue weighted by molar-refractivity contribution is 7.17. The normalized spacial score (nSPS) is 15.9. The molecule has 11 heteroatoms. The van der Waals surface area contributed by atoms with Gasteiger partial charge in [-0.2, -0.15) is 0 Å². The Bertz CT molecular complexity index is 1550. The number of unbranched alkanes of at least 4 members (excludes halogenated alkanes) is 2. The lowest BCUT2D eigenvalue weighted by Gasteiger charge is -2.24. The largest absolute Gasteiger partial charge is 0.507 e. The highest BCUT2D eigenvalue weighted by atomic mass is 32.1. The van der Waals surface area contributed by atoms with E-state index in [0.717, 1.165) is 47.6 Å². The molecule has 9 nitrogen and oxygen atoms in total. The first-order valence-corrected chi connectivity index (χ1v) is 14.7. The average Bonchev–Trinajstić information content (AvgIpc) is 3.51. The zero-order chi connectivity index (χ0) is 31.1. The number of anilines is 1. The van der Waals surface area contributed by atoms with Gasteiger partial charge < -0.3 is 19.3 Å². The van der Waals surface area contributed by atoms with Crippen molar-refractivity contribution in [3.63, 3.8) is 0 Å². The molecular weight excluding hydrogens is 575 g/mol. The van der Waals surface area contributed by atoms with Crippen LogP contribution in [0.2, 0.25) is 0 Å². The lowest BCUT2D eigenvalue weighted by atomic mass is 9.95. The van der Waals surface area contributed by atoms with E-state index < -0.39 is 35.3 Å². The van der Waals surface area contributed by atoms with Gasteiger partial charge in [0.1, 0.15) is 23.1 Å². The van der Waals surface area contributed by atoms with Crippen LogP contribution in [0.4, 0.5) is 9.52 Å². The molecule has 0 spiro atoms. The quantitative estimate of drug-likeness (QED) is 0.0582. The maximum absolute atomic E-state index is 13.7. The van der Waals surface area contributed by atoms with Crippen molar-refractivity contribution < 1.29 is 38.1 Å². The van der Waals surface area contributed by atoms with E-state index in [-0.39, 0.29) is 27.8 Å². The third-order valence-electron chi connectivity index (χ3n) is 6.66. The van der Waals surface area contributed by atoms with E-state index in [1.807, 2.05) is 6.92 Å². The first-order valence-electron chi connectivity index (χ1n) is 13.9. The molecule has 1 fully saturated rings. The molecule has 43 heavy (non-hydrogen) atoms. The van der Waals surface area contributed by atoms with Gasteiger partial charge in [-0.25, -0.2) is 14.2 Å². The summed E-state index contributed by atoms with van der Waals surface area (Å²) in [6.07, 6.45) is 4.34. The second-order valence-electron chi connectivity index (χ2n) is 9.67. The summed E-state index contributed by atoms with van der Waals surface area (Å²) in [4.78, 5) is 45.5. The van der Waals surface area contributed by atoms with Crippen molar-refractivity contribution in [3.05, 3.63) is 88.2 Å². The molecule has 226 valence electrons. The summed E-state index contributed by atoms with van der Waals surface area (Å²) in [6, 6.07) is 8.78. The molecule has 1 amide bonds. The number of ether oxygens (including phenoxy) is 3. The van der Waals surface area contributed by atoms with Crippen molar-refractivity contribution >= 4 is 39.9 Å². The van der Waals surface area contributed by atoms with Crippen molar-refractivity contribution in [1.82, 2.24) is 4.98 Å². The van der Waals surface area contributed by atoms with Crippen LogP contribution in [-0.2, 0) is 14.3 Å². The van der Waals surface area contributed by atoms with Gasteiger partial charge in [0, 0.05) is 5.56 Å². The monoisotopic (exact) mass is 608 g/mol. The number of hydrogen-bond acceptors (Lipinski definition) is 9. The summed E-state index contributed by atoms with van der Waals surface area (Å²) < 4.78 is 30.6. The van der Waals surface area contributed by atoms with E-state index in [0.29, 0.717) is 36.0 Å². The zero-order valence-corrected chi connectivity index (χ0v) is 25.0. The number of thiazole rings is 1. The van der Waals surface area contributed by atoms with Gasteiger partial charge in [0.05, 0.1) is 30.5 Å². The molecule has 0 bridgehead atoms. The number of nitrogens with zero attached hydrogens (tertiary/aromatic N) is 2. The maximum Gasteiger partial charge on any atom is 0.350 e. The van der Waals surface area contributed by atoms with E-state index in [4.69, 9.17) is 14.2 Å². The second kappa shape index (κ2) is 14.1. The fourth-order valence-corrected chi connectivity index (χ4v) is 5.59. The van der Waals surface area contributed by atoms with Crippen LogP contribution in [-0.4, -0.2) is 47.6 Å². The first kappa shape index (κ1) is 31.4. The highest BCUT2D eigenvalue weighted by Gasteiger charge is 2.48. The number of aliphatic hydroxyl groups is 1. The molecule has 1 unspecified atom stereocenters. The third kappa shape index (κ3) is 6.77. The summed E-state index contributed by atoms with van der Waals surface area (Å²) in [5.74, 6) is -2.69. The minimum Gasteiger partial charge on any atom is -0.507 e. The Morgan fingerprint density at radius 3 is 2.53 bits per heavy atom. The Balaban J connectivity index is 1.86. The summed E-state index contributed by atoms with van der Waals surface area (Å²) in [5.41, 5.74) is 0.656.